The average molecular weight is 195 g/mol. The minimum atomic E-state index is -0.174. The molecule has 0 amide bonds. The molecule has 3 heteroatoms. The highest BCUT2D eigenvalue weighted by atomic mass is 19.1. The van der Waals surface area contributed by atoms with E-state index in [1.165, 1.54) is 6.07 Å². The standard InChI is InChI=1S/C11H14FNO/c1-2-7-8(12)3-4-10-11(7)9(13)5-6-14-10/h3-4,9H,2,5-6,13H2,1H3/t9-/m0/s1. The number of fused-ring (bicyclic) bond motifs is 1. The molecule has 0 fully saturated rings. The minimum Gasteiger partial charge on any atom is -0.493 e. The number of halogens is 1. The van der Waals surface area contributed by atoms with Crippen molar-refractivity contribution in [3.8, 4) is 5.75 Å². The van der Waals surface area contributed by atoms with Crippen molar-refractivity contribution in [2.45, 2.75) is 25.8 Å². The van der Waals surface area contributed by atoms with E-state index in [0.29, 0.717) is 18.6 Å². The summed E-state index contributed by atoms with van der Waals surface area (Å²) in [7, 11) is 0. The van der Waals surface area contributed by atoms with Crippen molar-refractivity contribution < 1.29 is 9.13 Å². The number of rotatable bonds is 1. The number of ether oxygens (including phenoxy) is 1. The van der Waals surface area contributed by atoms with Gasteiger partial charge in [-0.05, 0) is 24.1 Å². The van der Waals surface area contributed by atoms with Gasteiger partial charge >= 0.3 is 0 Å². The maximum Gasteiger partial charge on any atom is 0.126 e. The fourth-order valence-corrected chi connectivity index (χ4v) is 1.95. The maximum atomic E-state index is 13.4. The number of hydrogen-bond acceptors (Lipinski definition) is 2. The van der Waals surface area contributed by atoms with Gasteiger partial charge in [0.05, 0.1) is 6.61 Å². The van der Waals surface area contributed by atoms with Crippen LogP contribution in [0.3, 0.4) is 0 Å². The third kappa shape index (κ3) is 1.38. The van der Waals surface area contributed by atoms with Crippen LogP contribution >= 0.6 is 0 Å². The van der Waals surface area contributed by atoms with Crippen LogP contribution in [0.25, 0.3) is 0 Å². The monoisotopic (exact) mass is 195 g/mol. The van der Waals surface area contributed by atoms with Crippen LogP contribution in [0, 0.1) is 5.82 Å². The lowest BCUT2D eigenvalue weighted by Gasteiger charge is -2.25. The summed E-state index contributed by atoms with van der Waals surface area (Å²) in [6, 6.07) is 3.04. The van der Waals surface area contributed by atoms with Crippen molar-refractivity contribution >= 4 is 0 Å². The summed E-state index contributed by atoms with van der Waals surface area (Å²) in [6.45, 7) is 2.56. The van der Waals surface area contributed by atoms with Crippen LogP contribution in [0.4, 0.5) is 4.39 Å². The fraction of sp³-hybridized carbons (Fsp3) is 0.455. The summed E-state index contributed by atoms with van der Waals surface area (Å²) in [5.41, 5.74) is 7.51. The molecule has 0 spiro atoms. The molecule has 0 radical (unpaired) electrons. The summed E-state index contributed by atoms with van der Waals surface area (Å²) in [5, 5.41) is 0. The molecule has 14 heavy (non-hydrogen) atoms. The molecule has 1 atom stereocenters. The van der Waals surface area contributed by atoms with Crippen molar-refractivity contribution in [1.82, 2.24) is 0 Å². The van der Waals surface area contributed by atoms with Gasteiger partial charge in [-0.3, -0.25) is 0 Å². The Morgan fingerprint density at radius 3 is 3.07 bits per heavy atom. The molecule has 1 aliphatic rings. The molecular weight excluding hydrogens is 181 g/mol. The summed E-state index contributed by atoms with van der Waals surface area (Å²) in [4.78, 5) is 0. The molecule has 1 aromatic carbocycles. The molecule has 0 saturated carbocycles. The van der Waals surface area contributed by atoms with Crippen LogP contribution in [-0.4, -0.2) is 6.61 Å². The smallest absolute Gasteiger partial charge is 0.126 e. The van der Waals surface area contributed by atoms with Crippen LogP contribution in [0.1, 0.15) is 30.5 Å². The summed E-state index contributed by atoms with van der Waals surface area (Å²) in [5.74, 6) is 0.578. The van der Waals surface area contributed by atoms with E-state index < -0.39 is 0 Å². The van der Waals surface area contributed by atoms with Gasteiger partial charge in [-0.2, -0.15) is 0 Å². The fourth-order valence-electron chi connectivity index (χ4n) is 1.95. The van der Waals surface area contributed by atoms with Crippen LogP contribution in [0.15, 0.2) is 12.1 Å². The van der Waals surface area contributed by atoms with Crippen molar-refractivity contribution in [2.75, 3.05) is 6.61 Å². The van der Waals surface area contributed by atoms with Gasteiger partial charge in [-0.1, -0.05) is 6.92 Å². The molecule has 76 valence electrons. The van der Waals surface area contributed by atoms with Crippen molar-refractivity contribution in [3.63, 3.8) is 0 Å². The Bertz CT molecular complexity index is 351. The van der Waals surface area contributed by atoms with E-state index in [2.05, 4.69) is 0 Å². The molecule has 2 rings (SSSR count). The molecule has 2 N–H and O–H groups in total. The lowest BCUT2D eigenvalue weighted by Crippen LogP contribution is -2.22. The normalized spacial score (nSPS) is 20.1. The van der Waals surface area contributed by atoms with Crippen molar-refractivity contribution in [3.05, 3.63) is 29.1 Å². The molecular formula is C11H14FNO. The van der Waals surface area contributed by atoms with Gasteiger partial charge < -0.3 is 10.5 Å². The zero-order chi connectivity index (χ0) is 10.1. The lowest BCUT2D eigenvalue weighted by atomic mass is 9.94. The van der Waals surface area contributed by atoms with Crippen molar-refractivity contribution in [2.24, 2.45) is 5.73 Å². The third-order valence-corrected chi connectivity index (χ3v) is 2.67. The predicted octanol–water partition coefficient (Wildman–Crippen LogP) is 2.17. The van der Waals surface area contributed by atoms with E-state index in [-0.39, 0.29) is 11.9 Å². The van der Waals surface area contributed by atoms with Gasteiger partial charge in [-0.25, -0.2) is 4.39 Å². The second-order valence-corrected chi connectivity index (χ2v) is 3.53. The highest BCUT2D eigenvalue weighted by Crippen LogP contribution is 2.34. The minimum absolute atomic E-state index is 0.0793. The largest absolute Gasteiger partial charge is 0.493 e. The molecule has 1 aliphatic heterocycles. The lowest BCUT2D eigenvalue weighted by molar-refractivity contribution is 0.267. The van der Waals surface area contributed by atoms with Gasteiger partial charge in [0.2, 0.25) is 0 Å². The van der Waals surface area contributed by atoms with Crippen LogP contribution in [0.2, 0.25) is 0 Å². The molecule has 1 heterocycles. The van der Waals surface area contributed by atoms with Gasteiger partial charge in [0, 0.05) is 18.0 Å². The molecule has 0 unspecified atom stereocenters. The number of hydrogen-bond donors (Lipinski definition) is 1. The first-order chi connectivity index (χ1) is 6.74. The van der Waals surface area contributed by atoms with E-state index in [0.717, 1.165) is 17.7 Å². The van der Waals surface area contributed by atoms with Gasteiger partial charge in [0.1, 0.15) is 11.6 Å². The van der Waals surface area contributed by atoms with Gasteiger partial charge in [0.25, 0.3) is 0 Å². The van der Waals surface area contributed by atoms with Crippen LogP contribution < -0.4 is 10.5 Å². The van der Waals surface area contributed by atoms with Crippen LogP contribution in [0.5, 0.6) is 5.75 Å². The topological polar surface area (TPSA) is 35.2 Å². The summed E-state index contributed by atoms with van der Waals surface area (Å²) < 4.78 is 18.9. The third-order valence-electron chi connectivity index (χ3n) is 2.67. The quantitative estimate of drug-likeness (QED) is 0.745. The van der Waals surface area contributed by atoms with Gasteiger partial charge in [-0.15, -0.1) is 0 Å². The molecule has 1 aromatic rings. The molecule has 0 aromatic heterocycles. The highest BCUT2D eigenvalue weighted by Gasteiger charge is 2.22. The zero-order valence-electron chi connectivity index (χ0n) is 8.22. The Kier molecular flexibility index (Phi) is 2.42. The molecule has 2 nitrogen and oxygen atoms in total. The van der Waals surface area contributed by atoms with E-state index in [1.54, 1.807) is 6.07 Å². The average Bonchev–Trinajstić information content (AvgIpc) is 2.19. The summed E-state index contributed by atoms with van der Waals surface area (Å²) >= 11 is 0. The summed E-state index contributed by atoms with van der Waals surface area (Å²) in [6.07, 6.45) is 1.43. The molecule has 0 aliphatic carbocycles. The predicted molar refractivity (Wildman–Crippen MR) is 52.8 cm³/mol. The maximum absolute atomic E-state index is 13.4. The zero-order valence-corrected chi connectivity index (χ0v) is 8.22. The molecule has 0 bridgehead atoms. The Labute approximate surface area is 82.9 Å². The highest BCUT2D eigenvalue weighted by molar-refractivity contribution is 5.44. The Morgan fingerprint density at radius 2 is 2.36 bits per heavy atom. The second kappa shape index (κ2) is 3.58. The second-order valence-electron chi connectivity index (χ2n) is 3.53. The first-order valence-electron chi connectivity index (χ1n) is 4.93. The Morgan fingerprint density at radius 1 is 1.57 bits per heavy atom. The number of benzene rings is 1. The first-order valence-corrected chi connectivity index (χ1v) is 4.93. The van der Waals surface area contributed by atoms with E-state index >= 15 is 0 Å². The van der Waals surface area contributed by atoms with E-state index in [9.17, 15) is 4.39 Å². The SMILES string of the molecule is CCc1c(F)ccc2c1[C@@H](N)CCO2. The van der Waals surface area contributed by atoms with E-state index in [4.69, 9.17) is 10.5 Å². The number of nitrogens with two attached hydrogens (primary N) is 1. The van der Waals surface area contributed by atoms with Crippen LogP contribution in [-0.2, 0) is 6.42 Å². The first kappa shape index (κ1) is 9.46. The Hall–Kier alpha value is -1.09. The molecule has 0 saturated heterocycles. The van der Waals surface area contributed by atoms with Crippen molar-refractivity contribution in [1.29, 1.82) is 0 Å². The van der Waals surface area contributed by atoms with Gasteiger partial charge in [0.15, 0.2) is 0 Å². The van der Waals surface area contributed by atoms with E-state index in [1.807, 2.05) is 6.92 Å². The Balaban J connectivity index is 2.57.